The normalized spacial score (nSPS) is 16.5. The Balaban J connectivity index is 3.72. The number of nitrogens with zero attached hydrogens (tertiary/aromatic N) is 1. The maximum Gasteiger partial charge on any atom is 0.0925 e. The molecule has 3 nitrogen and oxygen atoms in total. The van der Waals surface area contributed by atoms with Crippen molar-refractivity contribution in [1.29, 1.82) is 0 Å². The van der Waals surface area contributed by atoms with Crippen molar-refractivity contribution in [3.63, 3.8) is 0 Å². The van der Waals surface area contributed by atoms with Gasteiger partial charge in [0.2, 0.25) is 0 Å². The van der Waals surface area contributed by atoms with Crippen LogP contribution in [0.25, 0.3) is 0 Å². The topological polar surface area (TPSA) is 43.7 Å². The van der Waals surface area contributed by atoms with Crippen molar-refractivity contribution in [2.24, 2.45) is 0 Å². The van der Waals surface area contributed by atoms with E-state index < -0.39 is 12.2 Å². The van der Waals surface area contributed by atoms with Crippen molar-refractivity contribution in [3.8, 4) is 0 Å². The number of aliphatic hydroxyl groups is 2. The molecule has 0 aliphatic rings. The highest BCUT2D eigenvalue weighted by atomic mass is 16.3. The highest BCUT2D eigenvalue weighted by Crippen LogP contribution is 2.00. The number of rotatable bonds is 6. The van der Waals surface area contributed by atoms with Gasteiger partial charge in [0, 0.05) is 6.54 Å². The van der Waals surface area contributed by atoms with Crippen LogP contribution in [-0.4, -0.2) is 47.0 Å². The first-order valence-corrected chi connectivity index (χ1v) is 4.74. The van der Waals surface area contributed by atoms with Gasteiger partial charge in [-0.25, -0.2) is 0 Å². The highest BCUT2D eigenvalue weighted by molar-refractivity contribution is 4.69. The fraction of sp³-hybridized carbons (Fsp3) is 1.00. The summed E-state index contributed by atoms with van der Waals surface area (Å²) in [5.41, 5.74) is 0. The molecule has 0 aromatic heterocycles. The fourth-order valence-corrected chi connectivity index (χ4v) is 1.14. The van der Waals surface area contributed by atoms with E-state index in [0.29, 0.717) is 13.0 Å². The van der Waals surface area contributed by atoms with E-state index in [-0.39, 0.29) is 0 Å². The lowest BCUT2D eigenvalue weighted by molar-refractivity contribution is -0.00218. The third kappa shape index (κ3) is 4.04. The van der Waals surface area contributed by atoms with Crippen LogP contribution in [0.2, 0.25) is 0 Å². The molecule has 0 aliphatic carbocycles. The van der Waals surface area contributed by atoms with E-state index in [9.17, 15) is 10.2 Å². The summed E-state index contributed by atoms with van der Waals surface area (Å²) in [6, 6.07) is 0. The molecule has 0 amide bonds. The van der Waals surface area contributed by atoms with Crippen LogP contribution in [0.1, 0.15) is 27.2 Å². The van der Waals surface area contributed by atoms with Crippen LogP contribution in [0.15, 0.2) is 0 Å². The highest BCUT2D eigenvalue weighted by Gasteiger charge is 2.15. The molecule has 0 fully saturated rings. The van der Waals surface area contributed by atoms with E-state index in [1.165, 1.54) is 0 Å². The van der Waals surface area contributed by atoms with Gasteiger partial charge in [0.1, 0.15) is 0 Å². The van der Waals surface area contributed by atoms with Crippen LogP contribution in [0.3, 0.4) is 0 Å². The van der Waals surface area contributed by atoms with E-state index in [1.54, 1.807) is 0 Å². The second kappa shape index (κ2) is 6.40. The molecule has 2 atom stereocenters. The van der Waals surface area contributed by atoms with Gasteiger partial charge in [0.25, 0.3) is 0 Å². The molecular formula is C9H21NO2. The summed E-state index contributed by atoms with van der Waals surface area (Å²) in [5.74, 6) is 0. The molecule has 0 saturated heterocycles. The Labute approximate surface area is 75.0 Å². The van der Waals surface area contributed by atoms with Crippen molar-refractivity contribution in [1.82, 2.24) is 4.90 Å². The van der Waals surface area contributed by atoms with Crippen LogP contribution >= 0.6 is 0 Å². The summed E-state index contributed by atoms with van der Waals surface area (Å²) in [5, 5.41) is 18.7. The monoisotopic (exact) mass is 175 g/mol. The molecule has 0 bridgehead atoms. The number of hydrogen-bond donors (Lipinski definition) is 2. The van der Waals surface area contributed by atoms with E-state index >= 15 is 0 Å². The first kappa shape index (κ1) is 11.9. The Bertz CT molecular complexity index is 105. The summed E-state index contributed by atoms with van der Waals surface area (Å²) < 4.78 is 0. The lowest BCUT2D eigenvalue weighted by atomic mass is 10.1. The second-order valence-corrected chi connectivity index (χ2v) is 3.03. The lowest BCUT2D eigenvalue weighted by Crippen LogP contribution is -2.38. The summed E-state index contributed by atoms with van der Waals surface area (Å²) >= 11 is 0. The average Bonchev–Trinajstić information content (AvgIpc) is 2.12. The SMILES string of the molecule is CCC(O)C(O)CN(CC)CC. The summed E-state index contributed by atoms with van der Waals surface area (Å²) in [7, 11) is 0. The van der Waals surface area contributed by atoms with Gasteiger partial charge in [0.05, 0.1) is 12.2 Å². The van der Waals surface area contributed by atoms with Crippen molar-refractivity contribution >= 4 is 0 Å². The Morgan fingerprint density at radius 2 is 1.50 bits per heavy atom. The summed E-state index contributed by atoms with van der Waals surface area (Å²) in [6.07, 6.45) is -0.567. The Hall–Kier alpha value is -0.120. The van der Waals surface area contributed by atoms with Gasteiger partial charge in [-0.2, -0.15) is 0 Å². The molecule has 0 spiro atoms. The lowest BCUT2D eigenvalue weighted by Gasteiger charge is -2.24. The van der Waals surface area contributed by atoms with Crippen LogP contribution in [0, 0.1) is 0 Å². The smallest absolute Gasteiger partial charge is 0.0925 e. The molecule has 0 aliphatic heterocycles. The van der Waals surface area contributed by atoms with E-state index in [1.807, 2.05) is 6.92 Å². The minimum atomic E-state index is -0.602. The van der Waals surface area contributed by atoms with Crippen LogP contribution < -0.4 is 0 Å². The van der Waals surface area contributed by atoms with Crippen molar-refractivity contribution in [2.45, 2.75) is 39.4 Å². The zero-order valence-corrected chi connectivity index (χ0v) is 8.32. The quantitative estimate of drug-likeness (QED) is 0.616. The van der Waals surface area contributed by atoms with Crippen LogP contribution in [-0.2, 0) is 0 Å². The predicted molar refractivity (Wildman–Crippen MR) is 50.1 cm³/mol. The first-order chi connectivity index (χ1) is 5.65. The van der Waals surface area contributed by atoms with Gasteiger partial charge >= 0.3 is 0 Å². The molecule has 0 rings (SSSR count). The maximum atomic E-state index is 9.46. The van der Waals surface area contributed by atoms with E-state index in [4.69, 9.17) is 0 Å². The van der Waals surface area contributed by atoms with Gasteiger partial charge in [-0.15, -0.1) is 0 Å². The molecule has 3 heteroatoms. The van der Waals surface area contributed by atoms with Gasteiger partial charge < -0.3 is 15.1 Å². The Kier molecular flexibility index (Phi) is 6.34. The van der Waals surface area contributed by atoms with Crippen molar-refractivity contribution < 1.29 is 10.2 Å². The van der Waals surface area contributed by atoms with E-state index in [0.717, 1.165) is 13.1 Å². The van der Waals surface area contributed by atoms with Crippen LogP contribution in [0.5, 0.6) is 0 Å². The molecule has 0 radical (unpaired) electrons. The average molecular weight is 175 g/mol. The fourth-order valence-electron chi connectivity index (χ4n) is 1.14. The second-order valence-electron chi connectivity index (χ2n) is 3.03. The molecule has 0 aromatic carbocycles. The summed E-state index contributed by atoms with van der Waals surface area (Å²) in [6.45, 7) is 8.38. The Morgan fingerprint density at radius 3 is 1.83 bits per heavy atom. The molecule has 0 aromatic rings. The molecule has 0 saturated carbocycles. The van der Waals surface area contributed by atoms with Gasteiger partial charge in [0.15, 0.2) is 0 Å². The molecule has 2 unspecified atom stereocenters. The van der Waals surface area contributed by atoms with Gasteiger partial charge in [-0.1, -0.05) is 20.8 Å². The maximum absolute atomic E-state index is 9.46. The predicted octanol–water partition coefficient (Wildman–Crippen LogP) is 0.460. The third-order valence-corrected chi connectivity index (χ3v) is 2.20. The van der Waals surface area contributed by atoms with Gasteiger partial charge in [-0.05, 0) is 19.5 Å². The van der Waals surface area contributed by atoms with E-state index in [2.05, 4.69) is 18.7 Å². The number of hydrogen-bond acceptors (Lipinski definition) is 3. The Morgan fingerprint density at radius 1 is 1.00 bits per heavy atom. The first-order valence-electron chi connectivity index (χ1n) is 4.74. The summed E-state index contributed by atoms with van der Waals surface area (Å²) in [4.78, 5) is 2.10. The molecule has 0 heterocycles. The standard InChI is InChI=1S/C9H21NO2/c1-4-8(11)9(12)7-10(5-2)6-3/h8-9,11-12H,4-7H2,1-3H3. The minimum absolute atomic E-state index is 0.571. The third-order valence-electron chi connectivity index (χ3n) is 2.20. The molecule has 12 heavy (non-hydrogen) atoms. The zero-order valence-electron chi connectivity index (χ0n) is 8.32. The minimum Gasteiger partial charge on any atom is -0.390 e. The van der Waals surface area contributed by atoms with Crippen LogP contribution in [0.4, 0.5) is 0 Å². The number of likely N-dealkylation sites (N-methyl/N-ethyl adjacent to an activating group) is 1. The molecule has 74 valence electrons. The number of aliphatic hydroxyl groups excluding tert-OH is 2. The largest absolute Gasteiger partial charge is 0.390 e. The van der Waals surface area contributed by atoms with Gasteiger partial charge in [-0.3, -0.25) is 0 Å². The van der Waals surface area contributed by atoms with Crippen molar-refractivity contribution in [3.05, 3.63) is 0 Å². The molecular weight excluding hydrogens is 154 g/mol. The zero-order chi connectivity index (χ0) is 9.56. The molecule has 2 N–H and O–H groups in total. The van der Waals surface area contributed by atoms with Crippen molar-refractivity contribution in [2.75, 3.05) is 19.6 Å².